The average Bonchev–Trinajstić information content (AvgIpc) is 2.73. The predicted molar refractivity (Wildman–Crippen MR) is 124 cm³/mol. The van der Waals surface area contributed by atoms with Crippen molar-refractivity contribution in [1.29, 1.82) is 0 Å². The Morgan fingerprint density at radius 2 is 1.83 bits per heavy atom. The van der Waals surface area contributed by atoms with Gasteiger partial charge in [0.1, 0.15) is 0 Å². The highest BCUT2D eigenvalue weighted by Gasteiger charge is 2.21. The molecular formula is C24H27N3O2S. The number of aryl methyl sites for hydroxylation is 2. The summed E-state index contributed by atoms with van der Waals surface area (Å²) in [5.74, 6) is -0.310. The second-order valence-electron chi connectivity index (χ2n) is 7.31. The van der Waals surface area contributed by atoms with E-state index in [1.54, 1.807) is 7.05 Å². The molecule has 0 spiro atoms. The summed E-state index contributed by atoms with van der Waals surface area (Å²) in [6.45, 7) is 5.94. The summed E-state index contributed by atoms with van der Waals surface area (Å²) >= 11 is 1.41. The van der Waals surface area contributed by atoms with Crippen molar-refractivity contribution in [1.82, 2.24) is 9.88 Å². The second kappa shape index (κ2) is 9.76. The van der Waals surface area contributed by atoms with Gasteiger partial charge in [-0.2, -0.15) is 0 Å². The Hall–Kier alpha value is -2.86. The number of pyridine rings is 1. The summed E-state index contributed by atoms with van der Waals surface area (Å²) in [6.07, 6.45) is 0.830. The normalized spacial score (nSPS) is 11.9. The monoisotopic (exact) mass is 421 g/mol. The third-order valence-corrected chi connectivity index (χ3v) is 5.98. The zero-order chi connectivity index (χ0) is 21.7. The van der Waals surface area contributed by atoms with E-state index in [0.29, 0.717) is 0 Å². The summed E-state index contributed by atoms with van der Waals surface area (Å²) in [7, 11) is 1.66. The molecule has 5 nitrogen and oxygen atoms in total. The van der Waals surface area contributed by atoms with Crippen LogP contribution in [0.5, 0.6) is 0 Å². The number of anilines is 1. The number of carbonyl (C=O) groups excluding carboxylic acids is 2. The first kappa shape index (κ1) is 21.8. The largest absolute Gasteiger partial charge is 0.335 e. The molecule has 0 aliphatic heterocycles. The molecule has 1 aromatic heterocycles. The highest BCUT2D eigenvalue weighted by Crippen LogP contribution is 2.27. The van der Waals surface area contributed by atoms with E-state index >= 15 is 0 Å². The van der Waals surface area contributed by atoms with E-state index in [1.807, 2.05) is 75.4 Å². The van der Waals surface area contributed by atoms with Gasteiger partial charge in [-0.15, -0.1) is 0 Å². The Morgan fingerprint density at radius 3 is 2.60 bits per heavy atom. The molecule has 0 bridgehead atoms. The first-order valence-electron chi connectivity index (χ1n) is 10.0. The van der Waals surface area contributed by atoms with Crippen molar-refractivity contribution in [2.24, 2.45) is 0 Å². The van der Waals surface area contributed by atoms with Crippen molar-refractivity contribution in [2.45, 2.75) is 37.5 Å². The van der Waals surface area contributed by atoms with Crippen LogP contribution in [0.1, 0.15) is 25.0 Å². The highest BCUT2D eigenvalue weighted by atomic mass is 32.2. The molecule has 0 radical (unpaired) electrons. The number of fused-ring (bicyclic) bond motifs is 1. The molecule has 1 unspecified atom stereocenters. The standard InChI is InChI=1S/C24H27N3O2S/c1-5-18-10-6-8-12-20(18)25-22(28)15-27(4)24(29)17(3)30-23-14-16(2)19-11-7-9-13-21(19)26-23/h6-14,17H,5,15H2,1-4H3,(H,25,28). The Bertz CT molecular complexity index is 1070. The van der Waals surface area contributed by atoms with Gasteiger partial charge in [-0.25, -0.2) is 4.98 Å². The van der Waals surface area contributed by atoms with Crippen molar-refractivity contribution in [3.63, 3.8) is 0 Å². The molecular weight excluding hydrogens is 394 g/mol. The Balaban J connectivity index is 1.62. The summed E-state index contributed by atoms with van der Waals surface area (Å²) in [6, 6.07) is 17.7. The number of hydrogen-bond donors (Lipinski definition) is 1. The van der Waals surface area contributed by atoms with Crippen LogP contribution >= 0.6 is 11.8 Å². The first-order chi connectivity index (χ1) is 14.4. The maximum atomic E-state index is 12.8. The van der Waals surface area contributed by atoms with Crippen LogP contribution in [0.3, 0.4) is 0 Å². The third kappa shape index (κ3) is 5.19. The maximum Gasteiger partial charge on any atom is 0.243 e. The van der Waals surface area contributed by atoms with Gasteiger partial charge in [0.25, 0.3) is 0 Å². The van der Waals surface area contributed by atoms with E-state index in [-0.39, 0.29) is 23.6 Å². The summed E-state index contributed by atoms with van der Waals surface area (Å²) < 4.78 is 0. The van der Waals surface area contributed by atoms with Gasteiger partial charge in [-0.3, -0.25) is 9.59 Å². The minimum Gasteiger partial charge on any atom is -0.335 e. The van der Waals surface area contributed by atoms with Crippen LogP contribution in [-0.2, 0) is 16.0 Å². The number of aromatic nitrogens is 1. The molecule has 0 saturated carbocycles. The van der Waals surface area contributed by atoms with Crippen LogP contribution in [0, 0.1) is 6.92 Å². The molecule has 0 fully saturated rings. The fourth-order valence-corrected chi connectivity index (χ4v) is 4.39. The zero-order valence-electron chi connectivity index (χ0n) is 17.8. The number of benzene rings is 2. The van der Waals surface area contributed by atoms with Gasteiger partial charge in [-0.05, 0) is 49.6 Å². The SMILES string of the molecule is CCc1ccccc1NC(=O)CN(C)C(=O)C(C)Sc1cc(C)c2ccccc2n1. The van der Waals surface area contributed by atoms with Crippen LogP contribution in [0.25, 0.3) is 10.9 Å². The van der Waals surface area contributed by atoms with Crippen LogP contribution in [0.15, 0.2) is 59.6 Å². The quantitative estimate of drug-likeness (QED) is 0.563. The number of para-hydroxylation sites is 2. The van der Waals surface area contributed by atoms with Crippen LogP contribution in [0.2, 0.25) is 0 Å². The lowest BCUT2D eigenvalue weighted by atomic mass is 10.1. The van der Waals surface area contributed by atoms with E-state index < -0.39 is 0 Å². The van der Waals surface area contributed by atoms with Crippen molar-refractivity contribution >= 4 is 40.2 Å². The predicted octanol–water partition coefficient (Wildman–Crippen LogP) is 4.68. The molecule has 0 aliphatic rings. The molecule has 0 saturated heterocycles. The number of rotatable bonds is 7. The summed E-state index contributed by atoms with van der Waals surface area (Å²) in [4.78, 5) is 31.4. The van der Waals surface area contributed by atoms with Crippen molar-refractivity contribution in [3.05, 3.63) is 65.7 Å². The van der Waals surface area contributed by atoms with Crippen LogP contribution in [0.4, 0.5) is 5.69 Å². The molecule has 2 amide bonds. The van der Waals surface area contributed by atoms with Gasteiger partial charge in [0.2, 0.25) is 11.8 Å². The van der Waals surface area contributed by atoms with Gasteiger partial charge in [0, 0.05) is 18.1 Å². The number of hydrogen-bond acceptors (Lipinski definition) is 4. The van der Waals surface area contributed by atoms with Crippen molar-refractivity contribution in [2.75, 3.05) is 18.9 Å². The molecule has 0 aliphatic carbocycles. The lowest BCUT2D eigenvalue weighted by Gasteiger charge is -2.21. The molecule has 30 heavy (non-hydrogen) atoms. The maximum absolute atomic E-state index is 12.8. The molecule has 3 aromatic rings. The number of thioether (sulfide) groups is 1. The first-order valence-corrected chi connectivity index (χ1v) is 10.9. The highest BCUT2D eigenvalue weighted by molar-refractivity contribution is 8.00. The van der Waals surface area contributed by atoms with Crippen molar-refractivity contribution < 1.29 is 9.59 Å². The van der Waals surface area contributed by atoms with Gasteiger partial charge in [-0.1, -0.05) is 55.1 Å². The van der Waals surface area contributed by atoms with E-state index in [1.165, 1.54) is 16.7 Å². The van der Waals surface area contributed by atoms with Gasteiger partial charge in [0.05, 0.1) is 22.3 Å². The number of nitrogens with one attached hydrogen (secondary N) is 1. The number of nitrogens with zero attached hydrogens (tertiary/aromatic N) is 2. The number of carbonyl (C=O) groups is 2. The Morgan fingerprint density at radius 1 is 1.13 bits per heavy atom. The van der Waals surface area contributed by atoms with E-state index in [2.05, 4.69) is 10.3 Å². The second-order valence-corrected chi connectivity index (χ2v) is 8.67. The van der Waals surface area contributed by atoms with E-state index in [0.717, 1.165) is 39.2 Å². The third-order valence-electron chi connectivity index (χ3n) is 4.97. The number of likely N-dealkylation sites (N-methyl/N-ethyl adjacent to an activating group) is 1. The van der Waals surface area contributed by atoms with Crippen LogP contribution in [-0.4, -0.2) is 40.5 Å². The van der Waals surface area contributed by atoms with E-state index in [4.69, 9.17) is 0 Å². The lowest BCUT2D eigenvalue weighted by Crippen LogP contribution is -2.39. The lowest BCUT2D eigenvalue weighted by molar-refractivity contribution is -0.132. The minimum atomic E-state index is -0.348. The Kier molecular flexibility index (Phi) is 7.11. The van der Waals surface area contributed by atoms with Crippen molar-refractivity contribution in [3.8, 4) is 0 Å². The zero-order valence-corrected chi connectivity index (χ0v) is 18.6. The summed E-state index contributed by atoms with van der Waals surface area (Å²) in [5, 5.41) is 4.48. The average molecular weight is 422 g/mol. The molecule has 2 aromatic carbocycles. The van der Waals surface area contributed by atoms with Crippen LogP contribution < -0.4 is 5.32 Å². The van der Waals surface area contributed by atoms with Gasteiger partial charge in [0.15, 0.2) is 0 Å². The summed E-state index contributed by atoms with van der Waals surface area (Å²) in [5.41, 5.74) is 3.91. The molecule has 1 N–H and O–H groups in total. The van der Waals surface area contributed by atoms with E-state index in [9.17, 15) is 9.59 Å². The molecule has 1 heterocycles. The molecule has 3 rings (SSSR count). The number of amides is 2. The van der Waals surface area contributed by atoms with Gasteiger partial charge >= 0.3 is 0 Å². The fourth-order valence-electron chi connectivity index (χ4n) is 3.35. The minimum absolute atomic E-state index is 0.00591. The molecule has 1 atom stereocenters. The smallest absolute Gasteiger partial charge is 0.243 e. The van der Waals surface area contributed by atoms with Gasteiger partial charge < -0.3 is 10.2 Å². The molecule has 6 heteroatoms. The fraction of sp³-hybridized carbons (Fsp3) is 0.292. The Labute approximate surface area is 181 Å². The molecule has 156 valence electrons. The topological polar surface area (TPSA) is 62.3 Å².